The van der Waals surface area contributed by atoms with Crippen LogP contribution >= 0.6 is 0 Å². The van der Waals surface area contributed by atoms with Gasteiger partial charge in [-0.15, -0.1) is 12.3 Å². The van der Waals surface area contributed by atoms with Crippen LogP contribution in [-0.4, -0.2) is 19.0 Å². The molecule has 0 saturated heterocycles. The summed E-state index contributed by atoms with van der Waals surface area (Å²) in [5, 5.41) is 4.90. The van der Waals surface area contributed by atoms with Gasteiger partial charge in [0.1, 0.15) is 17.3 Å². The molecule has 5 heteroatoms. The fourth-order valence-electron chi connectivity index (χ4n) is 1.16. The third-order valence-corrected chi connectivity index (χ3v) is 1.96. The Morgan fingerprint density at radius 3 is 2.59 bits per heavy atom. The first-order chi connectivity index (χ1) is 8.15. The molecule has 0 aliphatic carbocycles. The number of hydrogen-bond acceptors (Lipinski definition) is 2. The number of halogens is 2. The average Bonchev–Trinajstić information content (AvgIpc) is 2.30. The van der Waals surface area contributed by atoms with E-state index in [0.29, 0.717) is 13.0 Å². The molecular formula is C12H12F2N2O. The zero-order valence-corrected chi connectivity index (χ0v) is 9.09. The molecule has 0 radical (unpaired) electrons. The zero-order valence-electron chi connectivity index (χ0n) is 9.09. The predicted octanol–water partition coefficient (Wildman–Crippen LogP) is 1.52. The van der Waals surface area contributed by atoms with Gasteiger partial charge in [-0.25, -0.2) is 8.78 Å². The number of benzene rings is 1. The molecule has 0 spiro atoms. The standard InChI is InChI=1S/C12H12F2N2O/c1-2-3-7-15-8-11(17)16-12-9(13)5-4-6-10(12)14/h1,4-6,15H,3,7-8H2,(H,16,17). The molecule has 2 N–H and O–H groups in total. The Bertz CT molecular complexity index is 420. The van der Waals surface area contributed by atoms with Gasteiger partial charge < -0.3 is 10.6 Å². The van der Waals surface area contributed by atoms with Crippen LogP contribution in [0.1, 0.15) is 6.42 Å². The van der Waals surface area contributed by atoms with Gasteiger partial charge in [-0.2, -0.15) is 0 Å². The molecule has 3 nitrogen and oxygen atoms in total. The number of para-hydroxylation sites is 1. The Balaban J connectivity index is 2.48. The van der Waals surface area contributed by atoms with E-state index in [9.17, 15) is 13.6 Å². The normalized spacial score (nSPS) is 9.71. The van der Waals surface area contributed by atoms with Crippen LogP contribution in [0.25, 0.3) is 0 Å². The summed E-state index contributed by atoms with van der Waals surface area (Å²) in [7, 11) is 0. The van der Waals surface area contributed by atoms with Crippen molar-refractivity contribution in [3.05, 3.63) is 29.8 Å². The fraction of sp³-hybridized carbons (Fsp3) is 0.250. The van der Waals surface area contributed by atoms with Gasteiger partial charge in [0.05, 0.1) is 6.54 Å². The van der Waals surface area contributed by atoms with Crippen molar-refractivity contribution in [3.63, 3.8) is 0 Å². The summed E-state index contributed by atoms with van der Waals surface area (Å²) < 4.78 is 26.3. The van der Waals surface area contributed by atoms with E-state index in [4.69, 9.17) is 6.42 Å². The van der Waals surface area contributed by atoms with Crippen molar-refractivity contribution in [2.45, 2.75) is 6.42 Å². The molecule has 0 fully saturated rings. The van der Waals surface area contributed by atoms with Gasteiger partial charge >= 0.3 is 0 Å². The molecule has 1 aromatic carbocycles. The minimum absolute atomic E-state index is 0.0462. The minimum atomic E-state index is -0.804. The second kappa shape index (κ2) is 6.61. The molecule has 0 atom stereocenters. The monoisotopic (exact) mass is 238 g/mol. The molecule has 0 aliphatic heterocycles. The van der Waals surface area contributed by atoms with E-state index in [1.54, 1.807) is 0 Å². The summed E-state index contributed by atoms with van der Waals surface area (Å²) in [4.78, 5) is 11.3. The van der Waals surface area contributed by atoms with Crippen molar-refractivity contribution in [2.24, 2.45) is 0 Å². The lowest BCUT2D eigenvalue weighted by Gasteiger charge is -2.07. The highest BCUT2D eigenvalue weighted by molar-refractivity contribution is 5.92. The van der Waals surface area contributed by atoms with Crippen LogP contribution in [0.3, 0.4) is 0 Å². The minimum Gasteiger partial charge on any atom is -0.320 e. The second-order valence-electron chi connectivity index (χ2n) is 3.28. The maximum absolute atomic E-state index is 13.2. The van der Waals surface area contributed by atoms with Crippen LogP contribution in [-0.2, 0) is 4.79 Å². The van der Waals surface area contributed by atoms with Gasteiger partial charge in [0.2, 0.25) is 5.91 Å². The Morgan fingerprint density at radius 1 is 1.35 bits per heavy atom. The Hall–Kier alpha value is -1.93. The van der Waals surface area contributed by atoms with E-state index < -0.39 is 23.2 Å². The number of carbonyl (C=O) groups excluding carboxylic acids is 1. The third-order valence-electron chi connectivity index (χ3n) is 1.96. The summed E-state index contributed by atoms with van der Waals surface area (Å²) in [6.45, 7) is 0.430. The second-order valence-corrected chi connectivity index (χ2v) is 3.28. The van der Waals surface area contributed by atoms with Gasteiger partial charge in [-0.1, -0.05) is 6.07 Å². The van der Waals surface area contributed by atoms with Gasteiger partial charge in [-0.3, -0.25) is 4.79 Å². The SMILES string of the molecule is C#CCCNCC(=O)Nc1c(F)cccc1F. The molecule has 0 unspecified atom stereocenters. The van der Waals surface area contributed by atoms with E-state index in [1.807, 2.05) is 0 Å². The highest BCUT2D eigenvalue weighted by Gasteiger charge is 2.10. The Morgan fingerprint density at radius 2 is 2.00 bits per heavy atom. The molecule has 0 aliphatic rings. The topological polar surface area (TPSA) is 41.1 Å². The first-order valence-electron chi connectivity index (χ1n) is 5.03. The molecule has 0 saturated carbocycles. The van der Waals surface area contributed by atoms with Gasteiger partial charge in [0.25, 0.3) is 0 Å². The molecule has 1 aromatic rings. The van der Waals surface area contributed by atoms with Crippen molar-refractivity contribution >= 4 is 11.6 Å². The van der Waals surface area contributed by atoms with E-state index in [-0.39, 0.29) is 6.54 Å². The molecule has 90 valence electrons. The van der Waals surface area contributed by atoms with Crippen molar-refractivity contribution in [2.75, 3.05) is 18.4 Å². The summed E-state index contributed by atoms with van der Waals surface area (Å²) >= 11 is 0. The quantitative estimate of drug-likeness (QED) is 0.603. The summed E-state index contributed by atoms with van der Waals surface area (Å²) in [6.07, 6.45) is 5.51. The van der Waals surface area contributed by atoms with E-state index >= 15 is 0 Å². The van der Waals surface area contributed by atoms with Crippen LogP contribution < -0.4 is 10.6 Å². The lowest BCUT2D eigenvalue weighted by atomic mass is 10.3. The molecule has 1 amide bonds. The molecular weight excluding hydrogens is 226 g/mol. The van der Waals surface area contributed by atoms with Gasteiger partial charge in [0.15, 0.2) is 0 Å². The molecule has 17 heavy (non-hydrogen) atoms. The third kappa shape index (κ3) is 4.21. The number of terminal acetylenes is 1. The smallest absolute Gasteiger partial charge is 0.238 e. The first kappa shape index (κ1) is 13.1. The van der Waals surface area contributed by atoms with Crippen molar-refractivity contribution in [1.29, 1.82) is 0 Å². The molecule has 0 bridgehead atoms. The van der Waals surface area contributed by atoms with Crippen molar-refractivity contribution < 1.29 is 13.6 Å². The summed E-state index contributed by atoms with van der Waals surface area (Å²) in [5.74, 6) is 0.265. The van der Waals surface area contributed by atoms with E-state index in [1.165, 1.54) is 6.07 Å². The molecule has 1 rings (SSSR count). The lowest BCUT2D eigenvalue weighted by molar-refractivity contribution is -0.115. The Kier molecular flexibility index (Phi) is 5.11. The number of nitrogens with one attached hydrogen (secondary N) is 2. The fourth-order valence-corrected chi connectivity index (χ4v) is 1.16. The number of hydrogen-bond donors (Lipinski definition) is 2. The predicted molar refractivity (Wildman–Crippen MR) is 61.3 cm³/mol. The number of rotatable bonds is 5. The Labute approximate surface area is 98.2 Å². The molecule has 0 aromatic heterocycles. The highest BCUT2D eigenvalue weighted by Crippen LogP contribution is 2.17. The van der Waals surface area contributed by atoms with Crippen molar-refractivity contribution in [1.82, 2.24) is 5.32 Å². The average molecular weight is 238 g/mol. The largest absolute Gasteiger partial charge is 0.320 e. The highest BCUT2D eigenvalue weighted by atomic mass is 19.1. The van der Waals surface area contributed by atoms with E-state index in [2.05, 4.69) is 16.6 Å². The first-order valence-corrected chi connectivity index (χ1v) is 5.03. The number of amides is 1. The maximum Gasteiger partial charge on any atom is 0.238 e. The van der Waals surface area contributed by atoms with Crippen LogP contribution in [0.2, 0.25) is 0 Å². The zero-order chi connectivity index (χ0) is 12.7. The number of carbonyl (C=O) groups is 1. The summed E-state index contributed by atoms with van der Waals surface area (Å²) in [6, 6.07) is 3.38. The van der Waals surface area contributed by atoms with Crippen LogP contribution in [0.15, 0.2) is 18.2 Å². The summed E-state index contributed by atoms with van der Waals surface area (Å²) in [5.41, 5.74) is -0.434. The maximum atomic E-state index is 13.2. The van der Waals surface area contributed by atoms with Gasteiger partial charge in [-0.05, 0) is 12.1 Å². The lowest BCUT2D eigenvalue weighted by Crippen LogP contribution is -2.29. The molecule has 0 heterocycles. The number of anilines is 1. The van der Waals surface area contributed by atoms with Crippen LogP contribution in [0, 0.1) is 24.0 Å². The van der Waals surface area contributed by atoms with Gasteiger partial charge in [0, 0.05) is 13.0 Å². The van der Waals surface area contributed by atoms with Crippen LogP contribution in [0.5, 0.6) is 0 Å². The van der Waals surface area contributed by atoms with Crippen LogP contribution in [0.4, 0.5) is 14.5 Å². The van der Waals surface area contributed by atoms with E-state index in [0.717, 1.165) is 12.1 Å². The van der Waals surface area contributed by atoms with Crippen molar-refractivity contribution in [3.8, 4) is 12.3 Å².